The van der Waals surface area contributed by atoms with E-state index in [0.29, 0.717) is 29.5 Å². The molecule has 0 aromatic carbocycles. The molecule has 3 saturated carbocycles. The number of hydrogen-bond donors (Lipinski definition) is 2. The maximum atomic E-state index is 13.1. The van der Waals surface area contributed by atoms with E-state index in [-0.39, 0.29) is 21.1 Å². The van der Waals surface area contributed by atoms with Gasteiger partial charge in [0.1, 0.15) is 13.1 Å². The van der Waals surface area contributed by atoms with Crippen LogP contribution in [0.25, 0.3) is 0 Å². The first-order valence-electron chi connectivity index (χ1n) is 11.8. The predicted molar refractivity (Wildman–Crippen MR) is 127 cm³/mol. The molecule has 0 bridgehead atoms. The van der Waals surface area contributed by atoms with Crippen molar-refractivity contribution >= 4 is 46.2 Å². The normalized spacial score (nSPS) is 46.5. The maximum absolute atomic E-state index is 13.1. The molecule has 8 unspecified atom stereocenters. The summed E-state index contributed by atoms with van der Waals surface area (Å²) in [5.41, 5.74) is 0. The molecule has 0 amide bonds. The molecule has 4 rings (SSSR count). The SMILES string of the molecule is [B]C(CCCC(C)C)C1CCC2C3CC(=O)C4CCCCC4(S)C3C[B]C12S. The van der Waals surface area contributed by atoms with Gasteiger partial charge >= 0.3 is 0 Å². The van der Waals surface area contributed by atoms with Gasteiger partial charge in [-0.25, -0.2) is 0 Å². The van der Waals surface area contributed by atoms with Crippen LogP contribution in [-0.2, 0) is 4.79 Å². The van der Waals surface area contributed by atoms with Crippen molar-refractivity contribution in [1.82, 2.24) is 0 Å². The first kappa shape index (κ1) is 21.7. The van der Waals surface area contributed by atoms with E-state index in [2.05, 4.69) is 21.1 Å². The first-order valence-corrected chi connectivity index (χ1v) is 12.7. The lowest BCUT2D eigenvalue weighted by Crippen LogP contribution is -2.61. The second kappa shape index (κ2) is 8.21. The standard InChI is InChI=1S/C23H37B2OS2/c1-14(2)6-5-8-20(24)17-10-9-16-15-12-21(26)18-7-3-4-11-22(18,27)19(15)13-25-23(16,17)28/h14-20,27-28H,3-13H2,1-2H3. The van der Waals surface area contributed by atoms with Gasteiger partial charge < -0.3 is 0 Å². The number of thiol groups is 2. The minimum absolute atomic E-state index is 0.0681. The fraction of sp³-hybridized carbons (Fsp3) is 0.957. The second-order valence-corrected chi connectivity index (χ2v) is 12.4. The summed E-state index contributed by atoms with van der Waals surface area (Å²) in [4.78, 5) is 13.1. The summed E-state index contributed by atoms with van der Waals surface area (Å²) in [6.07, 6.45) is 12.4. The molecule has 0 spiro atoms. The van der Waals surface area contributed by atoms with E-state index in [1.54, 1.807) is 0 Å². The summed E-state index contributed by atoms with van der Waals surface area (Å²) in [7, 11) is 9.26. The van der Waals surface area contributed by atoms with Gasteiger partial charge in [0.05, 0.1) is 7.85 Å². The molecule has 4 fully saturated rings. The van der Waals surface area contributed by atoms with Gasteiger partial charge in [0.15, 0.2) is 0 Å². The Kier molecular flexibility index (Phi) is 6.37. The van der Waals surface area contributed by atoms with Crippen molar-refractivity contribution in [2.75, 3.05) is 0 Å². The maximum Gasteiger partial charge on any atom is 0.137 e. The number of rotatable bonds is 5. The topological polar surface area (TPSA) is 17.1 Å². The fourth-order valence-corrected chi connectivity index (χ4v) is 9.02. The first-order chi connectivity index (χ1) is 13.3. The average molecular weight is 415 g/mol. The third-order valence-electron chi connectivity index (χ3n) is 8.94. The summed E-state index contributed by atoms with van der Waals surface area (Å²) in [6.45, 7) is 4.58. The summed E-state index contributed by atoms with van der Waals surface area (Å²) in [6, 6.07) is 0. The van der Waals surface area contributed by atoms with Gasteiger partial charge in [-0.2, -0.15) is 25.3 Å². The van der Waals surface area contributed by atoms with Gasteiger partial charge in [0.25, 0.3) is 0 Å². The average Bonchev–Trinajstić information content (AvgIpc) is 2.99. The zero-order valence-corrected chi connectivity index (χ0v) is 19.6. The molecule has 3 radical (unpaired) electrons. The molecular formula is C23H37B2OS2. The van der Waals surface area contributed by atoms with E-state index in [9.17, 15) is 4.79 Å². The van der Waals surface area contributed by atoms with Crippen LogP contribution in [-0.4, -0.2) is 30.3 Å². The van der Waals surface area contributed by atoms with Crippen molar-refractivity contribution in [2.45, 2.75) is 99.6 Å². The quantitative estimate of drug-likeness (QED) is 0.440. The van der Waals surface area contributed by atoms with Crippen LogP contribution in [0.5, 0.6) is 0 Å². The smallest absolute Gasteiger partial charge is 0.137 e. The molecule has 8 atom stereocenters. The highest BCUT2D eigenvalue weighted by molar-refractivity contribution is 7.83. The molecule has 0 aromatic heterocycles. The minimum atomic E-state index is -0.0790. The van der Waals surface area contributed by atoms with Gasteiger partial charge in [-0.15, -0.1) is 0 Å². The highest BCUT2D eigenvalue weighted by Crippen LogP contribution is 2.64. The lowest BCUT2D eigenvalue weighted by Gasteiger charge is -2.59. The van der Waals surface area contributed by atoms with Crippen LogP contribution in [0.4, 0.5) is 0 Å². The number of carbonyl (C=O) groups is 1. The van der Waals surface area contributed by atoms with E-state index in [4.69, 9.17) is 33.1 Å². The lowest BCUT2D eigenvalue weighted by molar-refractivity contribution is -0.132. The molecule has 28 heavy (non-hydrogen) atoms. The largest absolute Gasteiger partial charge is 0.299 e. The van der Waals surface area contributed by atoms with Crippen LogP contribution < -0.4 is 0 Å². The summed E-state index contributed by atoms with van der Waals surface area (Å²) in [5, 5.41) is 0. The van der Waals surface area contributed by atoms with Crippen LogP contribution in [0.2, 0.25) is 12.1 Å². The summed E-state index contributed by atoms with van der Waals surface area (Å²) < 4.78 is -0.147. The molecule has 1 saturated heterocycles. The zero-order chi connectivity index (χ0) is 20.1. The molecule has 1 heterocycles. The van der Waals surface area contributed by atoms with Crippen molar-refractivity contribution in [2.24, 2.45) is 35.5 Å². The van der Waals surface area contributed by atoms with Crippen LogP contribution in [0.3, 0.4) is 0 Å². The third-order valence-corrected chi connectivity index (χ3v) is 10.6. The zero-order valence-electron chi connectivity index (χ0n) is 17.8. The molecule has 5 heteroatoms. The van der Waals surface area contributed by atoms with Gasteiger partial charge in [0.2, 0.25) is 0 Å². The Hall–Kier alpha value is 0.500. The van der Waals surface area contributed by atoms with Gasteiger partial charge in [-0.1, -0.05) is 58.1 Å². The van der Waals surface area contributed by atoms with Gasteiger partial charge in [-0.05, 0) is 59.9 Å². The molecule has 1 aliphatic heterocycles. The highest BCUT2D eigenvalue weighted by atomic mass is 32.1. The van der Waals surface area contributed by atoms with Crippen molar-refractivity contribution in [1.29, 1.82) is 0 Å². The minimum Gasteiger partial charge on any atom is -0.299 e. The Labute approximate surface area is 185 Å². The van der Waals surface area contributed by atoms with Crippen LogP contribution >= 0.6 is 25.3 Å². The van der Waals surface area contributed by atoms with Crippen LogP contribution in [0.15, 0.2) is 0 Å². The second-order valence-electron chi connectivity index (χ2n) is 10.8. The van der Waals surface area contributed by atoms with E-state index in [1.807, 2.05) is 0 Å². The Balaban J connectivity index is 1.50. The summed E-state index contributed by atoms with van der Waals surface area (Å²) in [5.74, 6) is 3.67. The number of fused-ring (bicyclic) bond motifs is 5. The Bertz CT molecular complexity index is 599. The molecule has 1 nitrogen and oxygen atoms in total. The van der Waals surface area contributed by atoms with E-state index >= 15 is 0 Å². The summed E-state index contributed by atoms with van der Waals surface area (Å²) >= 11 is 10.6. The van der Waals surface area contributed by atoms with Crippen molar-refractivity contribution in [3.8, 4) is 0 Å². The molecular weight excluding hydrogens is 378 g/mol. The van der Waals surface area contributed by atoms with Crippen molar-refractivity contribution < 1.29 is 4.79 Å². The van der Waals surface area contributed by atoms with Crippen LogP contribution in [0, 0.1) is 35.5 Å². The van der Waals surface area contributed by atoms with Crippen molar-refractivity contribution in [3.63, 3.8) is 0 Å². The van der Waals surface area contributed by atoms with Crippen LogP contribution in [0.1, 0.15) is 78.1 Å². The monoisotopic (exact) mass is 415 g/mol. The Morgan fingerprint density at radius 1 is 1.14 bits per heavy atom. The number of hydrogen-bond acceptors (Lipinski definition) is 3. The number of Topliss-reactive ketones (excluding diaryl/α,β-unsaturated/α-hetero) is 1. The fourth-order valence-electron chi connectivity index (χ4n) is 7.55. The predicted octanol–water partition coefficient (Wildman–Crippen LogP) is 5.62. The highest BCUT2D eigenvalue weighted by Gasteiger charge is 2.62. The molecule has 3 aliphatic carbocycles. The van der Waals surface area contributed by atoms with E-state index in [0.717, 1.165) is 37.9 Å². The molecule has 0 aromatic rings. The Morgan fingerprint density at radius 2 is 1.93 bits per heavy atom. The number of ketones is 1. The molecule has 153 valence electrons. The van der Waals surface area contributed by atoms with Gasteiger partial charge in [-0.3, -0.25) is 4.79 Å². The third kappa shape index (κ3) is 3.57. The number of carbonyl (C=O) groups excluding carboxylic acids is 1. The van der Waals surface area contributed by atoms with E-state index < -0.39 is 0 Å². The molecule has 4 aliphatic rings. The Morgan fingerprint density at radius 3 is 2.68 bits per heavy atom. The lowest BCUT2D eigenvalue weighted by atomic mass is 9.38. The van der Waals surface area contributed by atoms with Gasteiger partial charge in [0, 0.05) is 17.1 Å². The van der Waals surface area contributed by atoms with E-state index in [1.165, 1.54) is 38.5 Å². The molecule has 0 N–H and O–H groups in total. The van der Waals surface area contributed by atoms with Crippen molar-refractivity contribution in [3.05, 3.63) is 0 Å².